The van der Waals surface area contributed by atoms with Gasteiger partial charge in [0.2, 0.25) is 0 Å². The van der Waals surface area contributed by atoms with Crippen LogP contribution in [0.15, 0.2) is 4.99 Å². The Morgan fingerprint density at radius 3 is 2.38 bits per heavy atom. The summed E-state index contributed by atoms with van der Waals surface area (Å²) in [5.41, 5.74) is 0.0754. The first kappa shape index (κ1) is 25.7. The molecule has 1 fully saturated rings. The molecule has 0 aromatic heterocycles. The van der Waals surface area contributed by atoms with Crippen molar-refractivity contribution in [3.8, 4) is 0 Å². The smallest absolute Gasteiger partial charge is 0.355 e. The lowest BCUT2D eigenvalue weighted by molar-refractivity contribution is -0.146. The second-order valence-corrected chi connectivity index (χ2v) is 7.69. The molecule has 0 aromatic carbocycles. The molecule has 1 aliphatic heterocycles. The number of nitrogens with zero attached hydrogens (tertiary/aromatic N) is 3. The van der Waals surface area contributed by atoms with Crippen molar-refractivity contribution < 1.29 is 13.2 Å². The van der Waals surface area contributed by atoms with Gasteiger partial charge in [0.05, 0.1) is 6.54 Å². The van der Waals surface area contributed by atoms with Crippen LogP contribution in [0.1, 0.15) is 34.1 Å². The van der Waals surface area contributed by atoms with E-state index in [1.807, 2.05) is 0 Å². The van der Waals surface area contributed by atoms with Gasteiger partial charge in [0, 0.05) is 45.3 Å². The number of nitrogens with one attached hydrogen (secondary N) is 2. The quantitative estimate of drug-likeness (QED) is 0.248. The molecule has 0 aromatic rings. The van der Waals surface area contributed by atoms with Gasteiger partial charge in [0.1, 0.15) is 0 Å². The maximum absolute atomic E-state index is 12.6. The fraction of sp³-hybridized carbons (Fsp3) is 0.941. The van der Waals surface area contributed by atoms with Gasteiger partial charge in [-0.2, -0.15) is 13.2 Å². The Morgan fingerprint density at radius 1 is 1.23 bits per heavy atom. The first-order chi connectivity index (χ1) is 11.5. The van der Waals surface area contributed by atoms with Crippen molar-refractivity contribution in [2.24, 2.45) is 10.9 Å². The van der Waals surface area contributed by atoms with Gasteiger partial charge in [-0.05, 0) is 39.7 Å². The minimum Gasteiger partial charge on any atom is -0.355 e. The van der Waals surface area contributed by atoms with E-state index in [1.54, 1.807) is 14.0 Å². The van der Waals surface area contributed by atoms with Crippen LogP contribution in [0.2, 0.25) is 0 Å². The highest BCUT2D eigenvalue weighted by molar-refractivity contribution is 14.0. The molecule has 9 heteroatoms. The second-order valence-electron chi connectivity index (χ2n) is 7.69. The first-order valence-electron chi connectivity index (χ1n) is 9.04. The van der Waals surface area contributed by atoms with Crippen molar-refractivity contribution in [2.75, 3.05) is 52.9 Å². The Bertz CT molecular complexity index is 424. The molecule has 1 rings (SSSR count). The molecule has 1 atom stereocenters. The van der Waals surface area contributed by atoms with E-state index in [4.69, 9.17) is 0 Å². The van der Waals surface area contributed by atoms with Crippen LogP contribution in [0.5, 0.6) is 0 Å². The van der Waals surface area contributed by atoms with Gasteiger partial charge in [-0.25, -0.2) is 0 Å². The third kappa shape index (κ3) is 10.8. The van der Waals surface area contributed by atoms with Crippen LogP contribution < -0.4 is 10.6 Å². The van der Waals surface area contributed by atoms with Crippen LogP contribution in [0.4, 0.5) is 13.2 Å². The van der Waals surface area contributed by atoms with Gasteiger partial charge in [-0.3, -0.25) is 9.89 Å². The number of aliphatic imine (C=N–C) groups is 1. The van der Waals surface area contributed by atoms with E-state index < -0.39 is 12.7 Å². The zero-order valence-electron chi connectivity index (χ0n) is 16.6. The summed E-state index contributed by atoms with van der Waals surface area (Å²) in [6.07, 6.45) is -3.23. The minimum atomic E-state index is -4.13. The maximum Gasteiger partial charge on any atom is 0.401 e. The molecule has 0 saturated carbocycles. The Labute approximate surface area is 173 Å². The lowest BCUT2D eigenvalue weighted by Gasteiger charge is -2.26. The van der Waals surface area contributed by atoms with Crippen molar-refractivity contribution in [2.45, 2.75) is 45.8 Å². The van der Waals surface area contributed by atoms with Gasteiger partial charge < -0.3 is 15.5 Å². The van der Waals surface area contributed by atoms with E-state index in [1.165, 1.54) is 4.90 Å². The summed E-state index contributed by atoms with van der Waals surface area (Å²) in [7, 11) is 1.74. The van der Waals surface area contributed by atoms with E-state index in [0.717, 1.165) is 38.6 Å². The number of rotatable bonds is 7. The Morgan fingerprint density at radius 2 is 1.88 bits per heavy atom. The van der Waals surface area contributed by atoms with Crippen molar-refractivity contribution in [3.63, 3.8) is 0 Å². The molecule has 26 heavy (non-hydrogen) atoms. The predicted octanol–water partition coefficient (Wildman–Crippen LogP) is 2.77. The number of hydrogen-bond acceptors (Lipinski definition) is 3. The standard InChI is InChI=1S/C17H34F3N5.HI/c1-6-24(13-17(18,19)20)11-14-7-10-25(12-14)15(21-5)22-8-9-23-16(2,3)4;/h14,23H,6-13H2,1-5H3,(H,21,22);1H. The molecular weight excluding hydrogens is 458 g/mol. The van der Waals surface area contributed by atoms with E-state index in [9.17, 15) is 13.2 Å². The Hall–Kier alpha value is -0.290. The maximum atomic E-state index is 12.6. The van der Waals surface area contributed by atoms with E-state index in [2.05, 4.69) is 41.3 Å². The molecule has 156 valence electrons. The van der Waals surface area contributed by atoms with Crippen molar-refractivity contribution >= 4 is 29.9 Å². The predicted molar refractivity (Wildman–Crippen MR) is 112 cm³/mol. The number of hydrogen-bond donors (Lipinski definition) is 2. The van der Waals surface area contributed by atoms with Crippen LogP contribution in [0, 0.1) is 5.92 Å². The zero-order chi connectivity index (χ0) is 19.1. The first-order valence-corrected chi connectivity index (χ1v) is 9.04. The average Bonchev–Trinajstić information content (AvgIpc) is 2.92. The molecule has 1 unspecified atom stereocenters. The molecule has 5 nitrogen and oxygen atoms in total. The molecule has 0 amide bonds. The van der Waals surface area contributed by atoms with Crippen LogP contribution in [0.25, 0.3) is 0 Å². The highest BCUT2D eigenvalue weighted by Crippen LogP contribution is 2.21. The molecule has 2 N–H and O–H groups in total. The van der Waals surface area contributed by atoms with Crippen molar-refractivity contribution in [3.05, 3.63) is 0 Å². The summed E-state index contributed by atoms with van der Waals surface area (Å²) in [6, 6.07) is 0. The van der Waals surface area contributed by atoms with E-state index in [0.29, 0.717) is 13.1 Å². The molecule has 0 bridgehead atoms. The van der Waals surface area contributed by atoms with Gasteiger partial charge in [0.25, 0.3) is 0 Å². The Kier molecular flexibility index (Phi) is 11.4. The number of halogens is 4. The second kappa shape index (κ2) is 11.5. The topological polar surface area (TPSA) is 42.9 Å². The SMILES string of the molecule is CCN(CC1CCN(C(=NC)NCCNC(C)(C)C)C1)CC(F)(F)F.I. The normalized spacial score (nSPS) is 19.0. The summed E-state index contributed by atoms with van der Waals surface area (Å²) in [4.78, 5) is 7.93. The number of likely N-dealkylation sites (tertiary alicyclic amines) is 1. The lowest BCUT2D eigenvalue weighted by Crippen LogP contribution is -2.46. The highest BCUT2D eigenvalue weighted by atomic mass is 127. The van der Waals surface area contributed by atoms with E-state index in [-0.39, 0.29) is 35.4 Å². The zero-order valence-corrected chi connectivity index (χ0v) is 18.9. The van der Waals surface area contributed by atoms with Crippen LogP contribution >= 0.6 is 24.0 Å². The molecular formula is C17H35F3IN5. The summed E-state index contributed by atoms with van der Waals surface area (Å²) >= 11 is 0. The molecule has 0 spiro atoms. The third-order valence-corrected chi connectivity index (χ3v) is 4.23. The third-order valence-electron chi connectivity index (χ3n) is 4.23. The number of alkyl halides is 3. The molecule has 0 aliphatic carbocycles. The van der Waals surface area contributed by atoms with Crippen molar-refractivity contribution in [1.82, 2.24) is 20.4 Å². The van der Waals surface area contributed by atoms with Gasteiger partial charge in [0.15, 0.2) is 5.96 Å². The summed E-state index contributed by atoms with van der Waals surface area (Å²) in [6.45, 7) is 11.4. The molecule has 1 aliphatic rings. The van der Waals surface area contributed by atoms with Crippen molar-refractivity contribution in [1.29, 1.82) is 0 Å². The van der Waals surface area contributed by atoms with Crippen LogP contribution in [-0.4, -0.2) is 80.3 Å². The largest absolute Gasteiger partial charge is 0.401 e. The number of guanidine groups is 1. The van der Waals surface area contributed by atoms with Gasteiger partial charge in [-0.15, -0.1) is 24.0 Å². The lowest BCUT2D eigenvalue weighted by atomic mass is 10.1. The van der Waals surface area contributed by atoms with Gasteiger partial charge >= 0.3 is 6.18 Å². The summed E-state index contributed by atoms with van der Waals surface area (Å²) < 4.78 is 37.8. The molecule has 1 heterocycles. The minimum absolute atomic E-state index is 0. The highest BCUT2D eigenvalue weighted by Gasteiger charge is 2.32. The van der Waals surface area contributed by atoms with Crippen LogP contribution in [0.3, 0.4) is 0 Å². The molecule has 0 radical (unpaired) electrons. The fourth-order valence-electron chi connectivity index (χ4n) is 3.04. The van der Waals surface area contributed by atoms with Gasteiger partial charge in [-0.1, -0.05) is 6.92 Å². The fourth-order valence-corrected chi connectivity index (χ4v) is 3.04. The van der Waals surface area contributed by atoms with Crippen LogP contribution in [-0.2, 0) is 0 Å². The Balaban J connectivity index is 0.00000625. The summed E-state index contributed by atoms with van der Waals surface area (Å²) in [5, 5.41) is 6.74. The van der Waals surface area contributed by atoms with E-state index >= 15 is 0 Å². The monoisotopic (exact) mass is 493 g/mol. The summed E-state index contributed by atoms with van der Waals surface area (Å²) in [5.74, 6) is 1.07. The average molecular weight is 493 g/mol. The molecule has 1 saturated heterocycles.